The molecule has 0 fully saturated rings. The molecule has 0 aliphatic carbocycles. The highest BCUT2D eigenvalue weighted by Gasteiger charge is 2.18. The number of hydrogen-bond donors (Lipinski definition) is 1. The summed E-state index contributed by atoms with van der Waals surface area (Å²) in [5.41, 5.74) is 1.27. The van der Waals surface area contributed by atoms with Crippen LogP contribution < -0.4 is 4.72 Å². The maximum atomic E-state index is 11.7. The summed E-state index contributed by atoms with van der Waals surface area (Å²) >= 11 is 0. The van der Waals surface area contributed by atoms with E-state index in [4.69, 9.17) is 0 Å². The first kappa shape index (κ1) is 12.4. The first-order chi connectivity index (χ1) is 7.00. The summed E-state index contributed by atoms with van der Waals surface area (Å²) in [6.45, 7) is 6.67. The maximum absolute atomic E-state index is 11.7. The normalized spacial score (nSPS) is 13.8. The molecule has 0 aromatic heterocycles. The minimum Gasteiger partial charge on any atom is -0.242 e. The first-order valence-electron chi connectivity index (χ1n) is 5.19. The van der Waals surface area contributed by atoms with Crippen molar-refractivity contribution in [1.29, 1.82) is 0 Å². The average molecular weight is 225 g/mol. The van der Waals surface area contributed by atoms with Crippen LogP contribution in [0.15, 0.2) is 30.3 Å². The Bertz CT molecular complexity index is 316. The van der Waals surface area contributed by atoms with Gasteiger partial charge in [-0.15, -0.1) is 0 Å². The van der Waals surface area contributed by atoms with E-state index in [1.807, 2.05) is 39.0 Å². The Hall–Kier alpha value is -0.670. The van der Waals surface area contributed by atoms with Crippen molar-refractivity contribution in [3.63, 3.8) is 0 Å². The fourth-order valence-corrected chi connectivity index (χ4v) is 1.87. The molecule has 1 unspecified atom stereocenters. The van der Waals surface area contributed by atoms with Gasteiger partial charge in [-0.2, -0.15) is 0 Å². The summed E-state index contributed by atoms with van der Waals surface area (Å²) in [5, 5.41) is 0. The van der Waals surface area contributed by atoms with Crippen LogP contribution in [0.1, 0.15) is 26.3 Å². The Balaban J connectivity index is 2.32. The van der Waals surface area contributed by atoms with E-state index in [1.165, 1.54) is 5.56 Å². The quantitative estimate of drug-likeness (QED) is 0.837. The molecule has 0 saturated carbocycles. The van der Waals surface area contributed by atoms with E-state index >= 15 is 0 Å². The Morgan fingerprint density at radius 1 is 1.20 bits per heavy atom. The minimum absolute atomic E-state index is 0.184. The monoisotopic (exact) mass is 225 g/mol. The van der Waals surface area contributed by atoms with Crippen LogP contribution in [0.4, 0.5) is 0 Å². The Labute approximate surface area is 94.7 Å². The predicted octanol–water partition coefficient (Wildman–Crippen LogP) is 2.28. The average Bonchev–Trinajstić information content (AvgIpc) is 2.18. The molecule has 1 atom stereocenters. The number of benzene rings is 1. The molecule has 0 saturated heterocycles. The van der Waals surface area contributed by atoms with E-state index < -0.39 is 11.0 Å². The summed E-state index contributed by atoms with van der Waals surface area (Å²) < 4.78 is 14.5. The number of rotatable bonds is 4. The van der Waals surface area contributed by atoms with Gasteiger partial charge in [0.1, 0.15) is 0 Å². The van der Waals surface area contributed by atoms with Crippen LogP contribution in [0.2, 0.25) is 0 Å². The second-order valence-corrected chi connectivity index (χ2v) is 6.56. The van der Waals surface area contributed by atoms with Gasteiger partial charge in [-0.1, -0.05) is 30.3 Å². The Kier molecular flexibility index (Phi) is 4.48. The van der Waals surface area contributed by atoms with Crippen molar-refractivity contribution in [2.75, 3.05) is 6.54 Å². The molecule has 1 N–H and O–H groups in total. The van der Waals surface area contributed by atoms with Gasteiger partial charge in [0.2, 0.25) is 0 Å². The zero-order chi connectivity index (χ0) is 11.3. The molecule has 15 heavy (non-hydrogen) atoms. The minimum atomic E-state index is -0.961. The molecule has 1 aromatic rings. The van der Waals surface area contributed by atoms with Crippen molar-refractivity contribution < 1.29 is 4.21 Å². The first-order valence-corrected chi connectivity index (χ1v) is 6.34. The second-order valence-electron chi connectivity index (χ2n) is 4.51. The molecule has 84 valence electrons. The smallest absolute Gasteiger partial charge is 0.0970 e. The molecule has 1 aromatic carbocycles. The predicted molar refractivity (Wildman–Crippen MR) is 66.0 cm³/mol. The fourth-order valence-electron chi connectivity index (χ4n) is 1.15. The third kappa shape index (κ3) is 4.58. The molecule has 0 aliphatic heterocycles. The summed E-state index contributed by atoms with van der Waals surface area (Å²) in [7, 11) is -0.961. The largest absolute Gasteiger partial charge is 0.242 e. The van der Waals surface area contributed by atoms with E-state index in [2.05, 4.69) is 16.9 Å². The van der Waals surface area contributed by atoms with Crippen molar-refractivity contribution in [3.8, 4) is 0 Å². The molecule has 0 amide bonds. The molecular formula is C12H19NOS. The molecule has 0 bridgehead atoms. The van der Waals surface area contributed by atoms with Gasteiger partial charge in [0.15, 0.2) is 0 Å². The number of hydrogen-bond acceptors (Lipinski definition) is 1. The summed E-state index contributed by atoms with van der Waals surface area (Å²) in [5.74, 6) is 0. The van der Waals surface area contributed by atoms with Crippen molar-refractivity contribution in [2.45, 2.75) is 31.9 Å². The van der Waals surface area contributed by atoms with E-state index in [9.17, 15) is 4.21 Å². The van der Waals surface area contributed by atoms with Crippen molar-refractivity contribution in [1.82, 2.24) is 4.72 Å². The van der Waals surface area contributed by atoms with Crippen LogP contribution in [-0.4, -0.2) is 15.5 Å². The van der Waals surface area contributed by atoms with Crippen LogP contribution in [0.5, 0.6) is 0 Å². The topological polar surface area (TPSA) is 29.1 Å². The lowest BCUT2D eigenvalue weighted by molar-refractivity contribution is 0.635. The third-order valence-electron chi connectivity index (χ3n) is 2.05. The van der Waals surface area contributed by atoms with E-state index in [0.29, 0.717) is 0 Å². The lowest BCUT2D eigenvalue weighted by atomic mass is 10.2. The molecule has 1 rings (SSSR count). The van der Waals surface area contributed by atoms with Crippen LogP contribution in [-0.2, 0) is 17.4 Å². The highest BCUT2D eigenvalue weighted by molar-refractivity contribution is 7.84. The van der Waals surface area contributed by atoms with Crippen LogP contribution in [0, 0.1) is 0 Å². The van der Waals surface area contributed by atoms with Gasteiger partial charge in [-0.3, -0.25) is 0 Å². The zero-order valence-electron chi connectivity index (χ0n) is 9.62. The molecular weight excluding hydrogens is 206 g/mol. The second kappa shape index (κ2) is 5.42. The van der Waals surface area contributed by atoms with Gasteiger partial charge in [-0.05, 0) is 32.8 Å². The zero-order valence-corrected chi connectivity index (χ0v) is 10.4. The number of nitrogens with one attached hydrogen (secondary N) is 1. The van der Waals surface area contributed by atoms with Gasteiger partial charge in [0.25, 0.3) is 0 Å². The van der Waals surface area contributed by atoms with Crippen molar-refractivity contribution in [2.24, 2.45) is 0 Å². The van der Waals surface area contributed by atoms with Gasteiger partial charge < -0.3 is 0 Å². The Morgan fingerprint density at radius 3 is 2.33 bits per heavy atom. The van der Waals surface area contributed by atoms with Gasteiger partial charge in [0, 0.05) is 6.54 Å². The van der Waals surface area contributed by atoms with E-state index in [-0.39, 0.29) is 4.75 Å². The van der Waals surface area contributed by atoms with Crippen LogP contribution in [0.3, 0.4) is 0 Å². The molecule has 0 radical (unpaired) electrons. The third-order valence-corrected chi connectivity index (χ3v) is 3.62. The van der Waals surface area contributed by atoms with Gasteiger partial charge in [-0.25, -0.2) is 8.93 Å². The van der Waals surface area contributed by atoms with Gasteiger partial charge in [0.05, 0.1) is 15.7 Å². The Morgan fingerprint density at radius 2 is 1.80 bits per heavy atom. The van der Waals surface area contributed by atoms with Crippen molar-refractivity contribution >= 4 is 11.0 Å². The standard InChI is InChI=1S/C12H19NOS/c1-12(2,3)15(14)13-10-9-11-7-5-4-6-8-11/h4-8,13H,9-10H2,1-3H3. The highest BCUT2D eigenvalue weighted by Crippen LogP contribution is 2.08. The van der Waals surface area contributed by atoms with Crippen molar-refractivity contribution in [3.05, 3.63) is 35.9 Å². The molecule has 0 spiro atoms. The summed E-state index contributed by atoms with van der Waals surface area (Å²) in [4.78, 5) is 0. The van der Waals surface area contributed by atoms with Crippen LogP contribution >= 0.6 is 0 Å². The highest BCUT2D eigenvalue weighted by atomic mass is 32.2. The summed E-state index contributed by atoms with van der Waals surface area (Å²) in [6.07, 6.45) is 0.919. The summed E-state index contributed by atoms with van der Waals surface area (Å²) in [6, 6.07) is 10.2. The molecule has 0 heterocycles. The van der Waals surface area contributed by atoms with E-state index in [0.717, 1.165) is 13.0 Å². The SMILES string of the molecule is CC(C)(C)S(=O)NCCc1ccccc1. The fraction of sp³-hybridized carbons (Fsp3) is 0.500. The lowest BCUT2D eigenvalue weighted by Gasteiger charge is -2.17. The van der Waals surface area contributed by atoms with Gasteiger partial charge >= 0.3 is 0 Å². The lowest BCUT2D eigenvalue weighted by Crippen LogP contribution is -2.34. The van der Waals surface area contributed by atoms with Crippen LogP contribution in [0.25, 0.3) is 0 Å². The molecule has 3 heteroatoms. The maximum Gasteiger partial charge on any atom is 0.0970 e. The van der Waals surface area contributed by atoms with E-state index in [1.54, 1.807) is 0 Å². The molecule has 0 aliphatic rings. The molecule has 2 nitrogen and oxygen atoms in total.